The lowest BCUT2D eigenvalue weighted by Gasteiger charge is -2.08. The Labute approximate surface area is 127 Å². The molecule has 0 aliphatic carbocycles. The molecule has 2 aromatic rings. The topological polar surface area (TPSA) is 76.1 Å². The number of nitrogens with one attached hydrogen (secondary N) is 2. The molecule has 21 heavy (non-hydrogen) atoms. The van der Waals surface area contributed by atoms with Gasteiger partial charge < -0.3 is 15.4 Å². The Morgan fingerprint density at radius 2 is 2.19 bits per heavy atom. The van der Waals surface area contributed by atoms with E-state index in [4.69, 9.17) is 16.3 Å². The fraction of sp³-hybridized carbons (Fsp3) is 0.214. The maximum atomic E-state index is 12.0. The van der Waals surface area contributed by atoms with E-state index < -0.39 is 0 Å². The van der Waals surface area contributed by atoms with Gasteiger partial charge in [0.25, 0.3) is 5.91 Å². The summed E-state index contributed by atoms with van der Waals surface area (Å²) in [6.45, 7) is 0.364. The van der Waals surface area contributed by atoms with Crippen LogP contribution < -0.4 is 15.4 Å². The number of ether oxygens (including phenoxy) is 1. The zero-order valence-electron chi connectivity index (χ0n) is 11.7. The summed E-state index contributed by atoms with van der Waals surface area (Å²) in [5.41, 5.74) is 1.29. The van der Waals surface area contributed by atoms with Crippen LogP contribution in [0.4, 0.5) is 5.82 Å². The van der Waals surface area contributed by atoms with Crippen molar-refractivity contribution in [2.45, 2.75) is 6.54 Å². The standard InChI is InChI=1S/C14H15ClN4O2/c1-16-13-11(15)6-10(8-18-13)14(20)19-7-9-3-4-17-12(5-9)21-2/h3-6,8H,7H2,1-2H3,(H,16,18)(H,19,20). The summed E-state index contributed by atoms with van der Waals surface area (Å²) >= 11 is 6.00. The lowest BCUT2D eigenvalue weighted by Crippen LogP contribution is -2.23. The molecule has 0 aliphatic heterocycles. The molecule has 2 N–H and O–H groups in total. The molecule has 0 aromatic carbocycles. The Balaban J connectivity index is 2.02. The van der Waals surface area contributed by atoms with Crippen LogP contribution in [0.2, 0.25) is 5.02 Å². The van der Waals surface area contributed by atoms with E-state index in [1.807, 2.05) is 0 Å². The van der Waals surface area contributed by atoms with E-state index >= 15 is 0 Å². The number of aromatic nitrogens is 2. The molecule has 0 saturated carbocycles. The minimum absolute atomic E-state index is 0.247. The van der Waals surface area contributed by atoms with E-state index in [1.54, 1.807) is 38.6 Å². The fourth-order valence-corrected chi connectivity index (χ4v) is 1.96. The largest absolute Gasteiger partial charge is 0.481 e. The normalized spacial score (nSPS) is 10.0. The van der Waals surface area contributed by atoms with Crippen molar-refractivity contribution in [2.24, 2.45) is 0 Å². The molecule has 0 unspecified atom stereocenters. The second-order valence-corrected chi connectivity index (χ2v) is 4.60. The zero-order chi connectivity index (χ0) is 15.2. The minimum Gasteiger partial charge on any atom is -0.481 e. The Morgan fingerprint density at radius 3 is 2.86 bits per heavy atom. The molecule has 0 bridgehead atoms. The number of halogens is 1. The Hall–Kier alpha value is -2.34. The summed E-state index contributed by atoms with van der Waals surface area (Å²) < 4.78 is 5.03. The molecule has 6 nitrogen and oxygen atoms in total. The van der Waals surface area contributed by atoms with E-state index in [2.05, 4.69) is 20.6 Å². The molecule has 0 saturated heterocycles. The maximum Gasteiger partial charge on any atom is 0.253 e. The van der Waals surface area contributed by atoms with Crippen molar-refractivity contribution in [3.8, 4) is 5.88 Å². The monoisotopic (exact) mass is 306 g/mol. The highest BCUT2D eigenvalue weighted by molar-refractivity contribution is 6.33. The van der Waals surface area contributed by atoms with E-state index in [0.717, 1.165) is 5.56 Å². The highest BCUT2D eigenvalue weighted by atomic mass is 35.5. The van der Waals surface area contributed by atoms with Gasteiger partial charge in [0, 0.05) is 32.1 Å². The second kappa shape index (κ2) is 6.90. The number of hydrogen-bond acceptors (Lipinski definition) is 5. The number of anilines is 1. The van der Waals surface area contributed by atoms with Crippen LogP contribution in [-0.2, 0) is 6.54 Å². The third-order valence-corrected chi connectivity index (χ3v) is 3.09. The highest BCUT2D eigenvalue weighted by Crippen LogP contribution is 2.19. The first kappa shape index (κ1) is 15.1. The van der Waals surface area contributed by atoms with Gasteiger partial charge in [0.2, 0.25) is 5.88 Å². The molecular weight excluding hydrogens is 292 g/mol. The van der Waals surface area contributed by atoms with Gasteiger partial charge in [0.1, 0.15) is 5.82 Å². The van der Waals surface area contributed by atoms with E-state index in [1.165, 1.54) is 6.20 Å². The van der Waals surface area contributed by atoms with Gasteiger partial charge in [-0.1, -0.05) is 11.6 Å². The molecule has 0 radical (unpaired) electrons. The van der Waals surface area contributed by atoms with Crippen molar-refractivity contribution in [1.29, 1.82) is 0 Å². The zero-order valence-corrected chi connectivity index (χ0v) is 12.4. The van der Waals surface area contributed by atoms with Gasteiger partial charge in [-0.05, 0) is 17.7 Å². The third-order valence-electron chi connectivity index (χ3n) is 2.80. The van der Waals surface area contributed by atoms with Crippen molar-refractivity contribution in [3.05, 3.63) is 46.7 Å². The van der Waals surface area contributed by atoms with E-state index in [9.17, 15) is 4.79 Å². The van der Waals surface area contributed by atoms with Crippen LogP contribution in [0.25, 0.3) is 0 Å². The minimum atomic E-state index is -0.247. The number of methoxy groups -OCH3 is 1. The number of hydrogen-bond donors (Lipinski definition) is 2. The smallest absolute Gasteiger partial charge is 0.253 e. The van der Waals surface area contributed by atoms with Crippen molar-refractivity contribution < 1.29 is 9.53 Å². The van der Waals surface area contributed by atoms with Crippen LogP contribution in [0.15, 0.2) is 30.6 Å². The van der Waals surface area contributed by atoms with Crippen molar-refractivity contribution >= 4 is 23.3 Å². The maximum absolute atomic E-state index is 12.0. The average Bonchev–Trinajstić information content (AvgIpc) is 2.52. The predicted octanol–water partition coefficient (Wildman–Crippen LogP) is 2.11. The van der Waals surface area contributed by atoms with Gasteiger partial charge in [-0.3, -0.25) is 4.79 Å². The molecule has 1 amide bonds. The molecule has 2 heterocycles. The number of rotatable bonds is 5. The van der Waals surface area contributed by atoms with Crippen LogP contribution in [0.3, 0.4) is 0 Å². The number of amides is 1. The third kappa shape index (κ3) is 3.82. The molecule has 7 heteroatoms. The predicted molar refractivity (Wildman–Crippen MR) is 80.8 cm³/mol. The van der Waals surface area contributed by atoms with E-state index in [-0.39, 0.29) is 5.91 Å². The molecule has 2 rings (SSSR count). The van der Waals surface area contributed by atoms with Crippen LogP contribution in [-0.4, -0.2) is 30.0 Å². The average molecular weight is 307 g/mol. The van der Waals surface area contributed by atoms with Gasteiger partial charge >= 0.3 is 0 Å². The Kier molecular flexibility index (Phi) is 4.94. The molecule has 0 aliphatic rings. The van der Waals surface area contributed by atoms with Crippen LogP contribution in [0.1, 0.15) is 15.9 Å². The van der Waals surface area contributed by atoms with E-state index in [0.29, 0.717) is 28.8 Å². The van der Waals surface area contributed by atoms with Gasteiger partial charge in [-0.15, -0.1) is 0 Å². The summed E-state index contributed by atoms with van der Waals surface area (Å²) in [6.07, 6.45) is 3.10. The number of carbonyl (C=O) groups excluding carboxylic acids is 1. The van der Waals surface area contributed by atoms with Gasteiger partial charge in [0.05, 0.1) is 17.7 Å². The van der Waals surface area contributed by atoms with Crippen LogP contribution in [0.5, 0.6) is 5.88 Å². The summed E-state index contributed by atoms with van der Waals surface area (Å²) in [5, 5.41) is 6.03. The van der Waals surface area contributed by atoms with Gasteiger partial charge in [0.15, 0.2) is 0 Å². The quantitative estimate of drug-likeness (QED) is 0.885. The van der Waals surface area contributed by atoms with Crippen LogP contribution >= 0.6 is 11.6 Å². The second-order valence-electron chi connectivity index (χ2n) is 4.19. The Morgan fingerprint density at radius 1 is 1.38 bits per heavy atom. The summed E-state index contributed by atoms with van der Waals surface area (Å²) in [4.78, 5) is 20.1. The Bertz CT molecular complexity index is 649. The lowest BCUT2D eigenvalue weighted by atomic mass is 10.2. The van der Waals surface area contributed by atoms with Crippen molar-refractivity contribution in [2.75, 3.05) is 19.5 Å². The molecule has 110 valence electrons. The molecule has 0 fully saturated rings. The summed E-state index contributed by atoms with van der Waals surface area (Å²) in [7, 11) is 3.26. The lowest BCUT2D eigenvalue weighted by molar-refractivity contribution is 0.0950. The summed E-state index contributed by atoms with van der Waals surface area (Å²) in [5.74, 6) is 0.791. The molecule has 0 spiro atoms. The van der Waals surface area contributed by atoms with Crippen molar-refractivity contribution in [3.63, 3.8) is 0 Å². The van der Waals surface area contributed by atoms with Gasteiger partial charge in [-0.2, -0.15) is 0 Å². The van der Waals surface area contributed by atoms with Crippen LogP contribution in [0, 0.1) is 0 Å². The first-order valence-electron chi connectivity index (χ1n) is 6.24. The SMILES string of the molecule is CNc1ncc(C(=O)NCc2ccnc(OC)c2)cc1Cl. The summed E-state index contributed by atoms with van der Waals surface area (Å²) in [6, 6.07) is 5.14. The molecule has 0 atom stereocenters. The van der Waals surface area contributed by atoms with Crippen molar-refractivity contribution in [1.82, 2.24) is 15.3 Å². The first-order valence-corrected chi connectivity index (χ1v) is 6.62. The molecular formula is C14H15ClN4O2. The number of nitrogens with zero attached hydrogens (tertiary/aromatic N) is 2. The number of pyridine rings is 2. The van der Waals surface area contributed by atoms with Gasteiger partial charge in [-0.25, -0.2) is 9.97 Å². The highest BCUT2D eigenvalue weighted by Gasteiger charge is 2.09. The first-order chi connectivity index (χ1) is 10.1. The fourth-order valence-electron chi connectivity index (χ4n) is 1.70. The number of carbonyl (C=O) groups is 1. The molecule has 2 aromatic heterocycles.